The molecule has 0 heterocycles. The highest BCUT2D eigenvalue weighted by Crippen LogP contribution is 2.56. The zero-order valence-corrected chi connectivity index (χ0v) is 15.1. The van der Waals surface area contributed by atoms with Crippen LogP contribution in [-0.2, 0) is 19.1 Å². The van der Waals surface area contributed by atoms with Crippen molar-refractivity contribution in [3.63, 3.8) is 0 Å². The van der Waals surface area contributed by atoms with Gasteiger partial charge in [-0.15, -0.1) is 0 Å². The Labute approximate surface area is 148 Å². The summed E-state index contributed by atoms with van der Waals surface area (Å²) < 4.78 is 15.0. The molecule has 1 aromatic rings. The highest BCUT2D eigenvalue weighted by atomic mass is 16.5. The third-order valence-corrected chi connectivity index (χ3v) is 6.14. The first-order chi connectivity index (χ1) is 12.1. The maximum atomic E-state index is 12.2. The van der Waals surface area contributed by atoms with Gasteiger partial charge >= 0.3 is 11.9 Å². The number of benzene rings is 1. The summed E-state index contributed by atoms with van der Waals surface area (Å²) in [4.78, 5) is 24.3. The van der Waals surface area contributed by atoms with Crippen molar-refractivity contribution in [3.8, 4) is 5.75 Å². The van der Waals surface area contributed by atoms with E-state index in [0.29, 0.717) is 17.8 Å². The lowest BCUT2D eigenvalue weighted by Crippen LogP contribution is -2.35. The number of hydrogen-bond donors (Lipinski definition) is 0. The highest BCUT2D eigenvalue weighted by Gasteiger charge is 2.51. The SMILES string of the molecule is COC(=O)C(C(=O)OC)[C@@H]1CC[C@H]2[C@@H]1CC[C@@H]2c1ccc(OC)cc1. The maximum Gasteiger partial charge on any atom is 0.320 e. The van der Waals surface area contributed by atoms with E-state index in [2.05, 4.69) is 12.1 Å². The van der Waals surface area contributed by atoms with Gasteiger partial charge in [0.25, 0.3) is 0 Å². The number of fused-ring (bicyclic) bond motifs is 1. The van der Waals surface area contributed by atoms with Gasteiger partial charge in [0.15, 0.2) is 5.92 Å². The zero-order valence-electron chi connectivity index (χ0n) is 15.1. The Kier molecular flexibility index (Phi) is 5.30. The van der Waals surface area contributed by atoms with Crippen LogP contribution in [0.3, 0.4) is 0 Å². The van der Waals surface area contributed by atoms with Gasteiger partial charge in [0.1, 0.15) is 5.75 Å². The van der Waals surface area contributed by atoms with Crippen molar-refractivity contribution in [1.82, 2.24) is 0 Å². The smallest absolute Gasteiger partial charge is 0.320 e. The first kappa shape index (κ1) is 17.8. The third-order valence-electron chi connectivity index (χ3n) is 6.14. The van der Waals surface area contributed by atoms with Gasteiger partial charge in [0.05, 0.1) is 21.3 Å². The Balaban J connectivity index is 1.78. The second kappa shape index (κ2) is 7.46. The fourth-order valence-electron chi connectivity index (χ4n) is 5.02. The van der Waals surface area contributed by atoms with Gasteiger partial charge < -0.3 is 14.2 Å². The molecule has 0 spiro atoms. The summed E-state index contributed by atoms with van der Waals surface area (Å²) in [5.41, 5.74) is 1.32. The molecule has 2 fully saturated rings. The lowest BCUT2D eigenvalue weighted by molar-refractivity contribution is -0.162. The molecule has 0 aliphatic heterocycles. The Morgan fingerprint density at radius 3 is 2.04 bits per heavy atom. The minimum Gasteiger partial charge on any atom is -0.497 e. The fourth-order valence-corrected chi connectivity index (χ4v) is 5.02. The molecular formula is C20H26O5. The van der Waals surface area contributed by atoms with E-state index in [4.69, 9.17) is 14.2 Å². The normalized spacial score (nSPS) is 27.8. The van der Waals surface area contributed by atoms with Crippen LogP contribution >= 0.6 is 0 Å². The van der Waals surface area contributed by atoms with Crippen molar-refractivity contribution >= 4 is 11.9 Å². The Morgan fingerprint density at radius 2 is 1.48 bits per heavy atom. The summed E-state index contributed by atoms with van der Waals surface area (Å²) in [6, 6.07) is 8.27. The van der Waals surface area contributed by atoms with Crippen molar-refractivity contribution in [1.29, 1.82) is 0 Å². The summed E-state index contributed by atoms with van der Waals surface area (Å²) in [7, 11) is 4.33. The Hall–Kier alpha value is -2.04. The van der Waals surface area contributed by atoms with Gasteiger partial charge in [-0.05, 0) is 67.1 Å². The minimum absolute atomic E-state index is 0.0214. The number of hydrogen-bond acceptors (Lipinski definition) is 5. The molecule has 25 heavy (non-hydrogen) atoms. The van der Waals surface area contributed by atoms with Gasteiger partial charge in [-0.2, -0.15) is 0 Å². The van der Waals surface area contributed by atoms with Crippen LogP contribution in [-0.4, -0.2) is 33.3 Å². The van der Waals surface area contributed by atoms with E-state index in [0.717, 1.165) is 31.4 Å². The molecule has 0 unspecified atom stereocenters. The molecule has 0 amide bonds. The predicted molar refractivity (Wildman–Crippen MR) is 92.2 cm³/mol. The van der Waals surface area contributed by atoms with Crippen LogP contribution in [0.1, 0.15) is 37.2 Å². The molecule has 5 nitrogen and oxygen atoms in total. The zero-order chi connectivity index (χ0) is 18.0. The summed E-state index contributed by atoms with van der Waals surface area (Å²) >= 11 is 0. The standard InChI is InChI=1S/C20H26O5/c1-23-13-6-4-12(5-7-13)14-8-9-16-15(14)10-11-17(16)18(19(21)24-2)20(22)25-3/h4-7,14-18H,8-11H2,1-3H3/t14-,15-,16+,17-/m1/s1. The monoisotopic (exact) mass is 346 g/mol. The lowest BCUT2D eigenvalue weighted by atomic mass is 9.80. The number of rotatable bonds is 5. The van der Waals surface area contributed by atoms with Crippen molar-refractivity contribution in [3.05, 3.63) is 29.8 Å². The molecule has 4 atom stereocenters. The number of methoxy groups -OCH3 is 3. The second-order valence-corrected chi connectivity index (χ2v) is 7.05. The van der Waals surface area contributed by atoms with E-state index in [1.54, 1.807) is 7.11 Å². The Morgan fingerprint density at radius 1 is 0.880 bits per heavy atom. The van der Waals surface area contributed by atoms with Crippen molar-refractivity contribution < 1.29 is 23.8 Å². The molecule has 2 saturated carbocycles. The summed E-state index contributed by atoms with van der Waals surface area (Å²) in [5, 5.41) is 0. The van der Waals surface area contributed by atoms with Gasteiger partial charge in [0.2, 0.25) is 0 Å². The highest BCUT2D eigenvalue weighted by molar-refractivity contribution is 5.95. The van der Waals surface area contributed by atoms with E-state index in [1.165, 1.54) is 19.8 Å². The molecule has 0 saturated heterocycles. The molecule has 2 aliphatic rings. The van der Waals surface area contributed by atoms with E-state index in [9.17, 15) is 9.59 Å². The largest absolute Gasteiger partial charge is 0.497 e. The van der Waals surface area contributed by atoms with Gasteiger partial charge in [0, 0.05) is 0 Å². The average molecular weight is 346 g/mol. The quantitative estimate of drug-likeness (QED) is 0.605. The van der Waals surface area contributed by atoms with Crippen LogP contribution in [0.5, 0.6) is 5.75 Å². The van der Waals surface area contributed by atoms with E-state index in [-0.39, 0.29) is 5.92 Å². The number of carbonyl (C=O) groups excluding carboxylic acids is 2. The van der Waals surface area contributed by atoms with Crippen LogP contribution in [0.2, 0.25) is 0 Å². The predicted octanol–water partition coefficient (Wildman–Crippen LogP) is 3.18. The molecule has 1 aromatic carbocycles. The number of esters is 2. The first-order valence-corrected chi connectivity index (χ1v) is 8.90. The molecular weight excluding hydrogens is 320 g/mol. The van der Waals surface area contributed by atoms with Crippen LogP contribution in [0.25, 0.3) is 0 Å². The number of ether oxygens (including phenoxy) is 3. The molecule has 0 bridgehead atoms. The number of carbonyl (C=O) groups is 2. The van der Waals surface area contributed by atoms with Crippen LogP contribution in [0.4, 0.5) is 0 Å². The maximum absolute atomic E-state index is 12.2. The van der Waals surface area contributed by atoms with Gasteiger partial charge in [-0.3, -0.25) is 9.59 Å². The first-order valence-electron chi connectivity index (χ1n) is 8.90. The topological polar surface area (TPSA) is 61.8 Å². The van der Waals surface area contributed by atoms with Gasteiger partial charge in [-0.1, -0.05) is 12.1 Å². The summed E-state index contributed by atoms with van der Waals surface area (Å²) in [5.74, 6) is 0.518. The van der Waals surface area contributed by atoms with Crippen molar-refractivity contribution in [2.24, 2.45) is 23.7 Å². The van der Waals surface area contributed by atoms with Crippen LogP contribution < -0.4 is 4.74 Å². The molecule has 0 N–H and O–H groups in total. The molecule has 136 valence electrons. The van der Waals surface area contributed by atoms with E-state index in [1.807, 2.05) is 12.1 Å². The Bertz CT molecular complexity index is 607. The van der Waals surface area contributed by atoms with Crippen molar-refractivity contribution in [2.75, 3.05) is 21.3 Å². The second-order valence-electron chi connectivity index (χ2n) is 7.05. The summed E-state index contributed by atoms with van der Waals surface area (Å²) in [6.07, 6.45) is 4.04. The lowest BCUT2D eigenvalue weighted by Gasteiger charge is -2.25. The fraction of sp³-hybridized carbons (Fsp3) is 0.600. The third kappa shape index (κ3) is 3.24. The minimum atomic E-state index is -0.792. The van der Waals surface area contributed by atoms with Crippen LogP contribution in [0.15, 0.2) is 24.3 Å². The molecule has 0 aromatic heterocycles. The van der Waals surface area contributed by atoms with Gasteiger partial charge in [-0.25, -0.2) is 0 Å². The molecule has 5 heteroatoms. The van der Waals surface area contributed by atoms with E-state index < -0.39 is 17.9 Å². The van der Waals surface area contributed by atoms with Crippen molar-refractivity contribution in [2.45, 2.75) is 31.6 Å². The van der Waals surface area contributed by atoms with Crippen LogP contribution in [0, 0.1) is 23.7 Å². The molecule has 3 rings (SSSR count). The molecule has 0 radical (unpaired) electrons. The average Bonchev–Trinajstić information content (AvgIpc) is 3.24. The molecule has 2 aliphatic carbocycles. The summed E-state index contributed by atoms with van der Waals surface area (Å²) in [6.45, 7) is 0. The van der Waals surface area contributed by atoms with E-state index >= 15 is 0 Å².